The maximum absolute atomic E-state index is 5.46. The number of hydrogen-bond donors (Lipinski definition) is 2. The van der Waals surface area contributed by atoms with Crippen LogP contribution < -0.4 is 10.6 Å². The molecule has 0 saturated heterocycles. The maximum atomic E-state index is 5.46. The molecule has 1 aromatic rings. The minimum Gasteiger partial charge on any atom is -0.382 e. The van der Waals surface area contributed by atoms with E-state index in [0.29, 0.717) is 19.1 Å². The first-order valence-corrected chi connectivity index (χ1v) is 8.82. The molecule has 136 valence electrons. The van der Waals surface area contributed by atoms with Crippen LogP contribution in [0.1, 0.15) is 37.3 Å². The van der Waals surface area contributed by atoms with Crippen LogP contribution in [0.4, 0.5) is 0 Å². The first-order chi connectivity index (χ1) is 11.7. The van der Waals surface area contributed by atoms with Crippen LogP contribution >= 0.6 is 0 Å². The number of guanidine groups is 1. The van der Waals surface area contributed by atoms with Crippen molar-refractivity contribution in [1.29, 1.82) is 0 Å². The summed E-state index contributed by atoms with van der Waals surface area (Å²) in [6.07, 6.45) is 0.946. The normalized spacial score (nSPS) is 12.9. The molecule has 0 fully saturated rings. The van der Waals surface area contributed by atoms with Gasteiger partial charge in [0.15, 0.2) is 5.96 Å². The Labute approximate surface area is 146 Å². The van der Waals surface area contributed by atoms with Crippen molar-refractivity contribution >= 4 is 5.96 Å². The van der Waals surface area contributed by atoms with Gasteiger partial charge in [0.1, 0.15) is 0 Å². The van der Waals surface area contributed by atoms with E-state index in [-0.39, 0.29) is 0 Å². The number of methoxy groups -OCH3 is 1. The van der Waals surface area contributed by atoms with Crippen LogP contribution in [-0.4, -0.2) is 52.5 Å². The maximum Gasteiger partial charge on any atom is 0.191 e. The summed E-state index contributed by atoms with van der Waals surface area (Å²) in [6.45, 7) is 10.9. The van der Waals surface area contributed by atoms with Crippen molar-refractivity contribution in [2.24, 2.45) is 4.99 Å². The fourth-order valence-electron chi connectivity index (χ4n) is 2.20. The highest BCUT2D eigenvalue weighted by atomic mass is 16.5. The summed E-state index contributed by atoms with van der Waals surface area (Å²) in [7, 11) is 1.68. The molecule has 5 heteroatoms. The predicted molar refractivity (Wildman–Crippen MR) is 101 cm³/mol. The second-order valence-corrected chi connectivity index (χ2v) is 5.92. The second kappa shape index (κ2) is 12.8. The molecule has 0 bridgehead atoms. The summed E-state index contributed by atoms with van der Waals surface area (Å²) in [5.41, 5.74) is 2.61. The molecule has 0 aliphatic rings. The molecule has 24 heavy (non-hydrogen) atoms. The molecule has 1 unspecified atom stereocenters. The van der Waals surface area contributed by atoms with Crippen LogP contribution in [0.25, 0.3) is 0 Å². The lowest BCUT2D eigenvalue weighted by molar-refractivity contribution is 0.0698. The quantitative estimate of drug-likeness (QED) is 0.371. The zero-order valence-electron chi connectivity index (χ0n) is 15.6. The van der Waals surface area contributed by atoms with Gasteiger partial charge in [0.05, 0.1) is 13.2 Å². The first kappa shape index (κ1) is 20.5. The third-order valence-electron chi connectivity index (χ3n) is 3.70. The van der Waals surface area contributed by atoms with Crippen LogP contribution in [0.2, 0.25) is 0 Å². The summed E-state index contributed by atoms with van der Waals surface area (Å²) in [6, 6.07) is 8.69. The highest BCUT2D eigenvalue weighted by Crippen LogP contribution is 2.15. The van der Waals surface area contributed by atoms with E-state index in [1.807, 2.05) is 0 Å². The fraction of sp³-hybridized carbons (Fsp3) is 0.632. The highest BCUT2D eigenvalue weighted by molar-refractivity contribution is 5.79. The van der Waals surface area contributed by atoms with Gasteiger partial charge in [-0.2, -0.15) is 0 Å². The summed E-state index contributed by atoms with van der Waals surface area (Å²) in [5.74, 6) is 1.27. The van der Waals surface area contributed by atoms with E-state index in [9.17, 15) is 0 Å². The summed E-state index contributed by atoms with van der Waals surface area (Å²) in [5, 5.41) is 6.64. The van der Waals surface area contributed by atoms with Crippen molar-refractivity contribution in [3.8, 4) is 0 Å². The van der Waals surface area contributed by atoms with E-state index < -0.39 is 0 Å². The Bertz CT molecular complexity index is 460. The Balaban J connectivity index is 2.34. The van der Waals surface area contributed by atoms with Gasteiger partial charge < -0.3 is 20.1 Å². The molecule has 2 N–H and O–H groups in total. The number of nitrogens with zero attached hydrogens (tertiary/aromatic N) is 1. The first-order valence-electron chi connectivity index (χ1n) is 8.82. The Morgan fingerprint density at radius 1 is 1.12 bits per heavy atom. The third-order valence-corrected chi connectivity index (χ3v) is 3.70. The van der Waals surface area contributed by atoms with Crippen molar-refractivity contribution in [1.82, 2.24) is 10.6 Å². The number of rotatable bonds is 11. The topological polar surface area (TPSA) is 54.9 Å². The zero-order chi connectivity index (χ0) is 17.6. The van der Waals surface area contributed by atoms with Crippen LogP contribution in [0.5, 0.6) is 0 Å². The van der Waals surface area contributed by atoms with Crippen LogP contribution in [-0.2, 0) is 9.47 Å². The molecule has 0 saturated carbocycles. The Morgan fingerprint density at radius 3 is 2.54 bits per heavy atom. The molecule has 0 radical (unpaired) electrons. The minimum atomic E-state index is 0.401. The van der Waals surface area contributed by atoms with E-state index in [4.69, 9.17) is 14.5 Å². The largest absolute Gasteiger partial charge is 0.382 e. The number of ether oxygens (including phenoxy) is 2. The van der Waals surface area contributed by atoms with Gasteiger partial charge in [-0.15, -0.1) is 0 Å². The van der Waals surface area contributed by atoms with Crippen molar-refractivity contribution in [2.75, 3.05) is 46.6 Å². The second-order valence-electron chi connectivity index (χ2n) is 5.92. The van der Waals surface area contributed by atoms with Gasteiger partial charge in [-0.05, 0) is 25.8 Å². The molecule has 0 aromatic heterocycles. The van der Waals surface area contributed by atoms with Gasteiger partial charge in [0, 0.05) is 39.3 Å². The van der Waals surface area contributed by atoms with Crippen LogP contribution in [0.3, 0.4) is 0 Å². The van der Waals surface area contributed by atoms with Gasteiger partial charge in [0.2, 0.25) is 0 Å². The number of benzene rings is 1. The molecule has 1 aromatic carbocycles. The Kier molecular flexibility index (Phi) is 10.9. The molecule has 0 heterocycles. The van der Waals surface area contributed by atoms with Gasteiger partial charge in [-0.1, -0.05) is 36.8 Å². The van der Waals surface area contributed by atoms with E-state index in [2.05, 4.69) is 55.7 Å². The Morgan fingerprint density at radius 2 is 1.88 bits per heavy atom. The molecule has 0 spiro atoms. The van der Waals surface area contributed by atoms with Crippen molar-refractivity contribution in [3.63, 3.8) is 0 Å². The van der Waals surface area contributed by atoms with Crippen molar-refractivity contribution in [2.45, 2.75) is 33.1 Å². The van der Waals surface area contributed by atoms with Gasteiger partial charge >= 0.3 is 0 Å². The molecular weight excluding hydrogens is 302 g/mol. The third kappa shape index (κ3) is 8.89. The van der Waals surface area contributed by atoms with E-state index >= 15 is 0 Å². The van der Waals surface area contributed by atoms with Crippen molar-refractivity contribution < 1.29 is 9.47 Å². The van der Waals surface area contributed by atoms with E-state index in [0.717, 1.165) is 38.6 Å². The lowest BCUT2D eigenvalue weighted by atomic mass is 10.0. The smallest absolute Gasteiger partial charge is 0.191 e. The van der Waals surface area contributed by atoms with E-state index in [1.54, 1.807) is 7.11 Å². The van der Waals surface area contributed by atoms with Gasteiger partial charge in [-0.25, -0.2) is 0 Å². The fourth-order valence-corrected chi connectivity index (χ4v) is 2.20. The average Bonchev–Trinajstić information content (AvgIpc) is 2.59. The summed E-state index contributed by atoms with van der Waals surface area (Å²) < 4.78 is 10.4. The average molecular weight is 335 g/mol. The molecule has 0 amide bonds. The SMILES string of the molecule is CCNC(=NCC(C)c1ccc(C)cc1)NCCCOCCOC. The van der Waals surface area contributed by atoms with Crippen molar-refractivity contribution in [3.05, 3.63) is 35.4 Å². The number of aliphatic imine (C=N–C) groups is 1. The Hall–Kier alpha value is -1.59. The summed E-state index contributed by atoms with van der Waals surface area (Å²) >= 11 is 0. The van der Waals surface area contributed by atoms with Crippen LogP contribution in [0.15, 0.2) is 29.3 Å². The minimum absolute atomic E-state index is 0.401. The molecule has 0 aliphatic heterocycles. The molecule has 1 atom stereocenters. The summed E-state index contributed by atoms with van der Waals surface area (Å²) in [4.78, 5) is 4.69. The van der Waals surface area contributed by atoms with Crippen LogP contribution in [0, 0.1) is 6.92 Å². The standard InChI is InChI=1S/C19H33N3O2/c1-5-20-19(21-11-6-12-24-14-13-23-4)22-15-17(3)18-9-7-16(2)8-10-18/h7-10,17H,5-6,11-15H2,1-4H3,(H2,20,21,22). The number of aryl methyl sites for hydroxylation is 1. The predicted octanol–water partition coefficient (Wildman–Crippen LogP) is 2.71. The molecule has 0 aliphatic carbocycles. The molecule has 5 nitrogen and oxygen atoms in total. The van der Waals surface area contributed by atoms with Gasteiger partial charge in [-0.3, -0.25) is 4.99 Å². The molecular formula is C19H33N3O2. The number of hydrogen-bond acceptors (Lipinski definition) is 3. The lowest BCUT2D eigenvalue weighted by Gasteiger charge is -2.14. The number of nitrogens with one attached hydrogen (secondary N) is 2. The zero-order valence-corrected chi connectivity index (χ0v) is 15.6. The lowest BCUT2D eigenvalue weighted by Crippen LogP contribution is -2.38. The van der Waals surface area contributed by atoms with E-state index in [1.165, 1.54) is 11.1 Å². The van der Waals surface area contributed by atoms with Gasteiger partial charge in [0.25, 0.3) is 0 Å². The highest BCUT2D eigenvalue weighted by Gasteiger charge is 2.05. The molecule has 1 rings (SSSR count). The monoisotopic (exact) mass is 335 g/mol.